The molecule has 3 aromatic carbocycles. The molecule has 5 nitrogen and oxygen atoms in total. The maximum atomic E-state index is 12.9. The second-order valence-corrected chi connectivity index (χ2v) is 9.53. The Labute approximate surface area is 171 Å². The average molecular weight is 409 g/mol. The topological polar surface area (TPSA) is 66.5 Å². The number of fused-ring (bicyclic) bond motifs is 2. The van der Waals surface area contributed by atoms with Crippen molar-refractivity contribution < 1.29 is 13.2 Å². The smallest absolute Gasteiger partial charge is 0.243 e. The van der Waals surface area contributed by atoms with Gasteiger partial charge in [0.2, 0.25) is 15.9 Å². The first-order valence-corrected chi connectivity index (χ1v) is 11.2. The van der Waals surface area contributed by atoms with Gasteiger partial charge in [-0.25, -0.2) is 8.42 Å². The minimum atomic E-state index is -3.75. The zero-order valence-electron chi connectivity index (χ0n) is 16.3. The van der Waals surface area contributed by atoms with Gasteiger partial charge in [0.1, 0.15) is 0 Å². The lowest BCUT2D eigenvalue weighted by atomic mass is 9.88. The molecule has 1 amide bonds. The van der Waals surface area contributed by atoms with Crippen molar-refractivity contribution in [3.63, 3.8) is 0 Å². The Kier molecular flexibility index (Phi) is 5.39. The van der Waals surface area contributed by atoms with Crippen LogP contribution in [0.3, 0.4) is 0 Å². The van der Waals surface area contributed by atoms with E-state index >= 15 is 0 Å². The molecule has 0 saturated carbocycles. The highest BCUT2D eigenvalue weighted by Gasteiger charge is 2.26. The molecule has 0 saturated heterocycles. The second-order valence-electron chi connectivity index (χ2n) is 7.48. The van der Waals surface area contributed by atoms with E-state index in [4.69, 9.17) is 0 Å². The number of nitrogens with one attached hydrogen (secondary N) is 1. The van der Waals surface area contributed by atoms with Crippen LogP contribution in [0.1, 0.15) is 30.0 Å². The number of aryl methyl sites for hydroxylation is 1. The van der Waals surface area contributed by atoms with Crippen LogP contribution in [0, 0.1) is 0 Å². The first-order valence-electron chi connectivity index (χ1n) is 9.77. The standard InChI is InChI=1S/C23H24N2O3S/c1-25(29(27,28)20-14-13-17-7-2-3-9-19(17)15-20)16-23(26)24-22-12-6-10-18-8-4-5-11-21(18)22/h2-5,7-9,11,13-15,22H,6,10,12,16H2,1H3,(H,24,26)/t22-/m1/s1. The number of benzene rings is 3. The molecule has 0 aliphatic heterocycles. The van der Waals surface area contributed by atoms with Crippen molar-refractivity contribution in [1.82, 2.24) is 9.62 Å². The Morgan fingerprint density at radius 1 is 1.03 bits per heavy atom. The predicted octanol–water partition coefficient (Wildman–Crippen LogP) is 3.65. The molecular formula is C23H24N2O3S. The molecule has 1 aliphatic carbocycles. The Morgan fingerprint density at radius 3 is 2.59 bits per heavy atom. The quantitative estimate of drug-likeness (QED) is 0.701. The zero-order chi connectivity index (χ0) is 20.4. The second kappa shape index (κ2) is 7.97. The van der Waals surface area contributed by atoms with Crippen LogP contribution in [0.25, 0.3) is 10.8 Å². The molecule has 6 heteroatoms. The molecule has 29 heavy (non-hydrogen) atoms. The monoisotopic (exact) mass is 408 g/mol. The van der Waals surface area contributed by atoms with Gasteiger partial charge in [0.15, 0.2) is 0 Å². The molecule has 0 fully saturated rings. The van der Waals surface area contributed by atoms with Gasteiger partial charge in [-0.05, 0) is 53.3 Å². The van der Waals surface area contributed by atoms with Crippen molar-refractivity contribution in [2.45, 2.75) is 30.2 Å². The number of likely N-dealkylation sites (N-methyl/N-ethyl adjacent to an activating group) is 1. The van der Waals surface area contributed by atoms with Crippen LogP contribution in [-0.2, 0) is 21.2 Å². The van der Waals surface area contributed by atoms with Gasteiger partial charge in [0, 0.05) is 7.05 Å². The van der Waals surface area contributed by atoms with E-state index in [9.17, 15) is 13.2 Å². The Balaban J connectivity index is 1.48. The third-order valence-electron chi connectivity index (χ3n) is 5.50. The fourth-order valence-electron chi connectivity index (χ4n) is 3.94. The number of carbonyl (C=O) groups is 1. The van der Waals surface area contributed by atoms with E-state index in [0.29, 0.717) is 0 Å². The van der Waals surface area contributed by atoms with E-state index in [1.807, 2.05) is 42.5 Å². The van der Waals surface area contributed by atoms with Crippen molar-refractivity contribution in [3.8, 4) is 0 Å². The molecule has 4 rings (SSSR count). The van der Waals surface area contributed by atoms with Gasteiger partial charge >= 0.3 is 0 Å². The van der Waals surface area contributed by atoms with Crippen LogP contribution in [-0.4, -0.2) is 32.2 Å². The van der Waals surface area contributed by atoms with Gasteiger partial charge in [-0.1, -0.05) is 54.6 Å². The molecular weight excluding hydrogens is 384 g/mol. The summed E-state index contributed by atoms with van der Waals surface area (Å²) in [4.78, 5) is 12.8. The van der Waals surface area contributed by atoms with Crippen LogP contribution in [0.15, 0.2) is 71.6 Å². The summed E-state index contributed by atoms with van der Waals surface area (Å²) in [5.74, 6) is -0.293. The molecule has 3 aromatic rings. The Morgan fingerprint density at radius 2 is 1.76 bits per heavy atom. The van der Waals surface area contributed by atoms with Crippen molar-refractivity contribution in [3.05, 3.63) is 77.9 Å². The van der Waals surface area contributed by atoms with Crippen LogP contribution >= 0.6 is 0 Å². The van der Waals surface area contributed by atoms with Crippen molar-refractivity contribution in [1.29, 1.82) is 0 Å². The lowest BCUT2D eigenvalue weighted by molar-refractivity contribution is -0.122. The number of sulfonamides is 1. The number of amides is 1. The maximum Gasteiger partial charge on any atom is 0.243 e. The number of hydrogen-bond acceptors (Lipinski definition) is 3. The highest BCUT2D eigenvalue weighted by molar-refractivity contribution is 7.89. The van der Waals surface area contributed by atoms with Gasteiger partial charge in [-0.2, -0.15) is 4.31 Å². The summed E-state index contributed by atoms with van der Waals surface area (Å²) in [5, 5.41) is 4.84. The molecule has 1 aliphatic rings. The maximum absolute atomic E-state index is 12.9. The Hall–Kier alpha value is -2.70. The number of nitrogens with zero attached hydrogens (tertiary/aromatic N) is 1. The molecule has 150 valence electrons. The first kappa shape index (κ1) is 19.6. The van der Waals surface area contributed by atoms with Crippen LogP contribution < -0.4 is 5.32 Å². The molecule has 0 bridgehead atoms. The van der Waals surface area contributed by atoms with Gasteiger partial charge in [0.25, 0.3) is 0 Å². The minimum Gasteiger partial charge on any atom is -0.348 e. The van der Waals surface area contributed by atoms with Crippen molar-refractivity contribution >= 4 is 26.7 Å². The summed E-state index contributed by atoms with van der Waals surface area (Å²) >= 11 is 0. The normalized spacial score (nSPS) is 16.6. The summed E-state index contributed by atoms with van der Waals surface area (Å²) in [5.41, 5.74) is 2.38. The summed E-state index contributed by atoms with van der Waals surface area (Å²) in [7, 11) is -2.31. The van der Waals surface area contributed by atoms with Gasteiger partial charge in [-0.15, -0.1) is 0 Å². The average Bonchev–Trinajstić information content (AvgIpc) is 2.73. The molecule has 0 unspecified atom stereocenters. The lowest BCUT2D eigenvalue weighted by Gasteiger charge is -2.27. The summed E-state index contributed by atoms with van der Waals surface area (Å²) in [6.07, 6.45) is 2.88. The molecule has 0 spiro atoms. The first-order chi connectivity index (χ1) is 13.9. The third kappa shape index (κ3) is 4.04. The molecule has 1 atom stereocenters. The van der Waals surface area contributed by atoms with Gasteiger partial charge < -0.3 is 5.32 Å². The molecule has 0 radical (unpaired) electrons. The zero-order valence-corrected chi connectivity index (χ0v) is 17.2. The molecule has 0 aromatic heterocycles. The van der Waals surface area contributed by atoms with E-state index in [1.54, 1.807) is 18.2 Å². The number of rotatable bonds is 5. The third-order valence-corrected chi connectivity index (χ3v) is 7.30. The highest BCUT2D eigenvalue weighted by atomic mass is 32.2. The van der Waals surface area contributed by atoms with Crippen molar-refractivity contribution in [2.24, 2.45) is 0 Å². The lowest BCUT2D eigenvalue weighted by Crippen LogP contribution is -2.40. The molecule has 1 N–H and O–H groups in total. The SMILES string of the molecule is CN(CC(=O)N[C@@H]1CCCc2ccccc21)S(=O)(=O)c1ccc2ccccc2c1. The number of hydrogen-bond donors (Lipinski definition) is 1. The van der Waals surface area contributed by atoms with E-state index in [2.05, 4.69) is 11.4 Å². The molecule has 0 heterocycles. The van der Waals surface area contributed by atoms with Crippen molar-refractivity contribution in [2.75, 3.05) is 13.6 Å². The largest absolute Gasteiger partial charge is 0.348 e. The van der Waals surface area contributed by atoms with Crippen LogP contribution in [0.2, 0.25) is 0 Å². The highest BCUT2D eigenvalue weighted by Crippen LogP contribution is 2.29. The fourth-order valence-corrected chi connectivity index (χ4v) is 5.10. The van der Waals surface area contributed by atoms with Crippen LogP contribution in [0.5, 0.6) is 0 Å². The van der Waals surface area contributed by atoms with E-state index < -0.39 is 10.0 Å². The predicted molar refractivity (Wildman–Crippen MR) is 114 cm³/mol. The van der Waals surface area contributed by atoms with E-state index in [1.165, 1.54) is 12.6 Å². The summed E-state index contributed by atoms with van der Waals surface area (Å²) < 4.78 is 27.0. The van der Waals surface area contributed by atoms with Gasteiger partial charge in [0.05, 0.1) is 17.5 Å². The Bertz CT molecular complexity index is 1160. The van der Waals surface area contributed by atoms with Gasteiger partial charge in [-0.3, -0.25) is 4.79 Å². The minimum absolute atomic E-state index is 0.0655. The number of carbonyl (C=O) groups excluding carboxylic acids is 1. The van der Waals surface area contributed by atoms with E-state index in [-0.39, 0.29) is 23.4 Å². The summed E-state index contributed by atoms with van der Waals surface area (Å²) in [6, 6.07) is 20.7. The van der Waals surface area contributed by atoms with Crippen LogP contribution in [0.4, 0.5) is 0 Å². The fraction of sp³-hybridized carbons (Fsp3) is 0.261. The summed E-state index contributed by atoms with van der Waals surface area (Å²) in [6.45, 7) is -0.214. The van der Waals surface area contributed by atoms with E-state index in [0.717, 1.165) is 39.9 Å².